The SMILES string of the molecule is CC=C(C)C(=O)O[C@H]1[C@H](OC(=O)[C@H](C)CC)[C@]2(CO)[C@H](O)C[C@]3(C)C(=CC[C@@H]4[C@@]5(C)CC[C@H](O)C(C)(C)[C@@H]5CC[C@]43C)[C@@H]2CC1(C)C. The van der Waals surface area contributed by atoms with E-state index in [1.54, 1.807) is 19.9 Å². The predicted octanol–water partition coefficient (Wildman–Crippen LogP) is 7.17. The van der Waals surface area contributed by atoms with Gasteiger partial charge in [-0.25, -0.2) is 4.79 Å². The Bertz CT molecular complexity index is 1310. The molecule has 12 atom stereocenters. The van der Waals surface area contributed by atoms with Crippen LogP contribution in [0.5, 0.6) is 0 Å². The molecule has 0 aliphatic heterocycles. The highest BCUT2D eigenvalue weighted by atomic mass is 16.6. The van der Waals surface area contributed by atoms with Gasteiger partial charge in [0.25, 0.3) is 0 Å². The van der Waals surface area contributed by atoms with Crippen molar-refractivity contribution in [3.8, 4) is 0 Å². The highest BCUT2D eigenvalue weighted by Crippen LogP contribution is 2.76. The highest BCUT2D eigenvalue weighted by Gasteiger charge is 2.73. The maximum absolute atomic E-state index is 13.6. The second kappa shape index (κ2) is 12.0. The monoisotopic (exact) mass is 656 g/mol. The van der Waals surface area contributed by atoms with E-state index < -0.39 is 41.1 Å². The zero-order valence-corrected chi connectivity index (χ0v) is 31.1. The second-order valence-electron chi connectivity index (χ2n) is 18.4. The normalized spacial score (nSPS) is 46.0. The lowest BCUT2D eigenvalue weighted by Crippen LogP contribution is -2.72. The highest BCUT2D eigenvalue weighted by molar-refractivity contribution is 5.87. The fraction of sp³-hybridized carbons (Fsp3) is 0.850. The van der Waals surface area contributed by atoms with Gasteiger partial charge in [-0.15, -0.1) is 0 Å². The topological polar surface area (TPSA) is 113 Å². The van der Waals surface area contributed by atoms with Crippen molar-refractivity contribution in [1.82, 2.24) is 0 Å². The van der Waals surface area contributed by atoms with Gasteiger partial charge >= 0.3 is 11.9 Å². The molecule has 3 N–H and O–H groups in total. The van der Waals surface area contributed by atoms with Crippen molar-refractivity contribution in [2.45, 2.75) is 152 Å². The largest absolute Gasteiger partial charge is 0.457 e. The number of allylic oxidation sites excluding steroid dienone is 3. The van der Waals surface area contributed by atoms with Crippen LogP contribution in [0.4, 0.5) is 0 Å². The summed E-state index contributed by atoms with van der Waals surface area (Å²) in [6.07, 6.45) is 7.34. The molecule has 0 aromatic rings. The van der Waals surface area contributed by atoms with Crippen LogP contribution in [-0.4, -0.2) is 58.3 Å². The van der Waals surface area contributed by atoms with Gasteiger partial charge in [-0.05, 0) is 105 Å². The van der Waals surface area contributed by atoms with Gasteiger partial charge in [0.15, 0.2) is 0 Å². The minimum Gasteiger partial charge on any atom is -0.457 e. The van der Waals surface area contributed by atoms with E-state index in [-0.39, 0.29) is 46.2 Å². The van der Waals surface area contributed by atoms with Crippen molar-refractivity contribution in [2.75, 3.05) is 6.61 Å². The Labute approximate surface area is 283 Å². The molecule has 0 radical (unpaired) electrons. The number of aliphatic hydroxyl groups is 3. The van der Waals surface area contributed by atoms with E-state index in [1.807, 2.05) is 13.8 Å². The predicted molar refractivity (Wildman–Crippen MR) is 183 cm³/mol. The van der Waals surface area contributed by atoms with Crippen LogP contribution in [-0.2, 0) is 19.1 Å². The molecule has 5 aliphatic carbocycles. The lowest BCUT2D eigenvalue weighted by atomic mass is 9.33. The van der Waals surface area contributed by atoms with Crippen LogP contribution >= 0.6 is 0 Å². The van der Waals surface area contributed by atoms with Crippen molar-refractivity contribution in [1.29, 1.82) is 0 Å². The van der Waals surface area contributed by atoms with Crippen LogP contribution in [0.25, 0.3) is 0 Å². The second-order valence-corrected chi connectivity index (χ2v) is 18.4. The molecule has 0 aromatic heterocycles. The fourth-order valence-corrected chi connectivity index (χ4v) is 12.0. The van der Waals surface area contributed by atoms with Crippen LogP contribution in [0.15, 0.2) is 23.3 Å². The summed E-state index contributed by atoms with van der Waals surface area (Å²) >= 11 is 0. The molecule has 7 nitrogen and oxygen atoms in total. The summed E-state index contributed by atoms with van der Waals surface area (Å²) in [5.41, 5.74) is -0.670. The Hall–Kier alpha value is -1.70. The van der Waals surface area contributed by atoms with Gasteiger partial charge in [-0.2, -0.15) is 0 Å². The summed E-state index contributed by atoms with van der Waals surface area (Å²) in [5, 5.41) is 35.1. The molecule has 4 saturated carbocycles. The molecule has 0 unspecified atom stereocenters. The molecule has 0 amide bonds. The summed E-state index contributed by atoms with van der Waals surface area (Å²) in [6.45, 7) is 22.7. The van der Waals surface area contributed by atoms with Crippen molar-refractivity contribution in [3.63, 3.8) is 0 Å². The first kappa shape index (κ1) is 36.6. The third kappa shape index (κ3) is 5.05. The standard InChI is InChI=1S/C40H64O7/c1-12-23(3)33(44)46-31-32(47-34(45)24(4)13-2)40(22-41)26(20-35(31,5)6)25-14-15-28-37(9)18-17-29(42)36(7,8)27(37)16-19-38(28,10)39(25,11)21-30(40)43/h12,14,24,26-32,41-43H,13,15-22H2,1-11H3/t24-,26+,27+,28-,29+,30-,31+,32+,37+,38-,39-,40+/m1/s1. The molecule has 5 rings (SSSR count). The molecular weight excluding hydrogens is 592 g/mol. The van der Waals surface area contributed by atoms with Gasteiger partial charge in [0.2, 0.25) is 0 Å². The lowest BCUT2D eigenvalue weighted by Gasteiger charge is -2.72. The third-order valence-corrected chi connectivity index (χ3v) is 15.6. The Balaban J connectivity index is 1.64. The average Bonchev–Trinajstić information content (AvgIpc) is 3.00. The van der Waals surface area contributed by atoms with Crippen molar-refractivity contribution < 1.29 is 34.4 Å². The lowest BCUT2D eigenvalue weighted by molar-refractivity contribution is -0.267. The Morgan fingerprint density at radius 1 is 0.957 bits per heavy atom. The maximum Gasteiger partial charge on any atom is 0.333 e. The van der Waals surface area contributed by atoms with Crippen LogP contribution in [0.1, 0.15) is 128 Å². The van der Waals surface area contributed by atoms with Crippen molar-refractivity contribution in [3.05, 3.63) is 23.3 Å². The summed E-state index contributed by atoms with van der Waals surface area (Å²) in [4.78, 5) is 26.9. The van der Waals surface area contributed by atoms with Crippen molar-refractivity contribution >= 4 is 11.9 Å². The fourth-order valence-electron chi connectivity index (χ4n) is 12.0. The van der Waals surface area contributed by atoms with Gasteiger partial charge in [-0.3, -0.25) is 4.79 Å². The van der Waals surface area contributed by atoms with E-state index in [2.05, 4.69) is 54.5 Å². The van der Waals surface area contributed by atoms with E-state index in [1.165, 1.54) is 5.57 Å². The number of hydrogen-bond acceptors (Lipinski definition) is 7. The Kier molecular flexibility index (Phi) is 9.32. The van der Waals surface area contributed by atoms with E-state index in [0.717, 1.165) is 32.1 Å². The Morgan fingerprint density at radius 2 is 1.62 bits per heavy atom. The third-order valence-electron chi connectivity index (χ3n) is 15.6. The minimum absolute atomic E-state index is 0.0569. The number of carbonyl (C=O) groups is 2. The summed E-state index contributed by atoms with van der Waals surface area (Å²) in [6, 6.07) is 0. The first-order valence-electron chi connectivity index (χ1n) is 18.4. The van der Waals surface area contributed by atoms with Gasteiger partial charge in [0.05, 0.1) is 30.1 Å². The van der Waals surface area contributed by atoms with Gasteiger partial charge in [-0.1, -0.05) is 80.0 Å². The quantitative estimate of drug-likeness (QED) is 0.158. The first-order valence-corrected chi connectivity index (χ1v) is 18.4. The molecule has 0 spiro atoms. The summed E-state index contributed by atoms with van der Waals surface area (Å²) < 4.78 is 12.6. The zero-order valence-electron chi connectivity index (χ0n) is 31.1. The number of fused-ring (bicyclic) bond motifs is 7. The number of carbonyl (C=O) groups excluding carboxylic acids is 2. The van der Waals surface area contributed by atoms with Gasteiger partial charge in [0, 0.05) is 11.0 Å². The molecule has 0 saturated heterocycles. The molecule has 7 heteroatoms. The molecule has 0 aromatic carbocycles. The minimum atomic E-state index is -1.22. The van der Waals surface area contributed by atoms with Crippen LogP contribution in [0.3, 0.4) is 0 Å². The molecule has 266 valence electrons. The van der Waals surface area contributed by atoms with Crippen LogP contribution < -0.4 is 0 Å². The molecule has 0 heterocycles. The average molecular weight is 657 g/mol. The van der Waals surface area contributed by atoms with Crippen molar-refractivity contribution in [2.24, 2.45) is 56.2 Å². The van der Waals surface area contributed by atoms with E-state index >= 15 is 0 Å². The number of esters is 2. The number of ether oxygens (including phenoxy) is 2. The summed E-state index contributed by atoms with van der Waals surface area (Å²) in [5.74, 6) is -0.724. The van der Waals surface area contributed by atoms with Gasteiger partial charge < -0.3 is 24.8 Å². The molecule has 5 aliphatic rings. The molecular formula is C40H64O7. The van der Waals surface area contributed by atoms with E-state index in [4.69, 9.17) is 9.47 Å². The van der Waals surface area contributed by atoms with Gasteiger partial charge in [0.1, 0.15) is 12.2 Å². The molecule has 0 bridgehead atoms. The number of aliphatic hydroxyl groups excluding tert-OH is 3. The molecule has 4 fully saturated rings. The summed E-state index contributed by atoms with van der Waals surface area (Å²) in [7, 11) is 0. The first-order chi connectivity index (χ1) is 21.7. The van der Waals surface area contributed by atoms with Crippen LogP contribution in [0.2, 0.25) is 0 Å². The Morgan fingerprint density at radius 3 is 2.21 bits per heavy atom. The maximum atomic E-state index is 13.6. The van der Waals surface area contributed by atoms with E-state index in [0.29, 0.717) is 36.7 Å². The smallest absolute Gasteiger partial charge is 0.333 e. The molecule has 47 heavy (non-hydrogen) atoms. The number of hydrogen-bond donors (Lipinski definition) is 3. The van der Waals surface area contributed by atoms with E-state index in [9.17, 15) is 24.9 Å². The number of rotatable bonds is 6. The zero-order chi connectivity index (χ0) is 35.1. The van der Waals surface area contributed by atoms with Crippen LogP contribution in [0, 0.1) is 56.2 Å².